The van der Waals surface area contributed by atoms with Gasteiger partial charge in [-0.25, -0.2) is 0 Å². The van der Waals surface area contributed by atoms with Crippen LogP contribution in [0.15, 0.2) is 29.2 Å². The van der Waals surface area contributed by atoms with E-state index >= 15 is 0 Å². The minimum atomic E-state index is -3.90. The van der Waals surface area contributed by atoms with Gasteiger partial charge in [0.25, 0.3) is 10.1 Å². The Bertz CT molecular complexity index is 543. The number of methoxy groups -OCH3 is 1. The summed E-state index contributed by atoms with van der Waals surface area (Å²) in [4.78, 5) is 11.3. The molecule has 0 aliphatic carbocycles. The van der Waals surface area contributed by atoms with Gasteiger partial charge in [0.15, 0.2) is 0 Å². The highest BCUT2D eigenvalue weighted by molar-refractivity contribution is 7.86. The highest BCUT2D eigenvalue weighted by atomic mass is 32.2. The minimum Gasteiger partial charge on any atom is -0.469 e. The summed E-state index contributed by atoms with van der Waals surface area (Å²) in [6, 6.07) is 6.31. The second-order valence-electron chi connectivity index (χ2n) is 4.86. The van der Waals surface area contributed by atoms with Gasteiger partial charge in [0, 0.05) is 0 Å². The molecule has 0 N–H and O–H groups in total. The van der Waals surface area contributed by atoms with Crippen molar-refractivity contribution in [3.8, 4) is 0 Å². The smallest absolute Gasteiger partial charge is 0.308 e. The van der Waals surface area contributed by atoms with Crippen LogP contribution in [0.4, 0.5) is 0 Å². The summed E-state index contributed by atoms with van der Waals surface area (Å²) < 4.78 is 33.7. The summed E-state index contributed by atoms with van der Waals surface area (Å²) in [5.74, 6) is -0.524. The lowest BCUT2D eigenvalue weighted by atomic mass is 10.1. The maximum atomic E-state index is 12.1. The molecule has 0 amide bonds. The zero-order valence-corrected chi connectivity index (χ0v) is 12.3. The highest BCUT2D eigenvalue weighted by Crippen LogP contribution is 2.23. The molecule has 106 valence electrons. The first-order chi connectivity index (χ1) is 8.66. The summed E-state index contributed by atoms with van der Waals surface area (Å²) in [7, 11) is -2.65. The van der Waals surface area contributed by atoms with Gasteiger partial charge >= 0.3 is 5.97 Å². The molecule has 0 aliphatic rings. The third kappa shape index (κ3) is 4.65. The molecule has 0 radical (unpaired) electrons. The molecule has 0 aliphatic heterocycles. The largest absolute Gasteiger partial charge is 0.469 e. The van der Waals surface area contributed by atoms with Gasteiger partial charge in [-0.05, 0) is 32.9 Å². The summed E-state index contributed by atoms with van der Waals surface area (Å²) in [6.07, 6.45) is -0.144. The molecule has 0 heterocycles. The van der Waals surface area contributed by atoms with E-state index in [1.54, 1.807) is 12.1 Å². The number of aryl methyl sites for hydroxylation is 1. The van der Waals surface area contributed by atoms with Crippen molar-refractivity contribution in [2.45, 2.75) is 37.7 Å². The van der Waals surface area contributed by atoms with Crippen LogP contribution in [0.1, 0.15) is 25.8 Å². The molecule has 1 aromatic rings. The van der Waals surface area contributed by atoms with Crippen LogP contribution in [0.2, 0.25) is 0 Å². The van der Waals surface area contributed by atoms with Crippen molar-refractivity contribution >= 4 is 16.1 Å². The quantitative estimate of drug-likeness (QED) is 0.612. The van der Waals surface area contributed by atoms with E-state index in [4.69, 9.17) is 4.18 Å². The fourth-order valence-electron chi connectivity index (χ4n) is 1.50. The lowest BCUT2D eigenvalue weighted by Crippen LogP contribution is -2.31. The summed E-state index contributed by atoms with van der Waals surface area (Å²) in [5, 5.41) is 0. The zero-order chi connectivity index (χ0) is 14.7. The van der Waals surface area contributed by atoms with E-state index in [1.807, 2.05) is 6.92 Å². The van der Waals surface area contributed by atoms with E-state index in [0.717, 1.165) is 5.56 Å². The van der Waals surface area contributed by atoms with Crippen molar-refractivity contribution in [1.82, 2.24) is 0 Å². The van der Waals surface area contributed by atoms with E-state index in [9.17, 15) is 13.2 Å². The van der Waals surface area contributed by atoms with Gasteiger partial charge in [0.1, 0.15) is 0 Å². The van der Waals surface area contributed by atoms with E-state index in [1.165, 1.54) is 33.1 Å². The third-order valence-corrected chi connectivity index (χ3v) is 3.96. The molecular formula is C13H18O5S. The Kier molecular flexibility index (Phi) is 4.70. The minimum absolute atomic E-state index is 0.0658. The van der Waals surface area contributed by atoms with E-state index in [2.05, 4.69) is 4.74 Å². The number of ether oxygens (including phenoxy) is 1. The normalized spacial score (nSPS) is 12.2. The van der Waals surface area contributed by atoms with Gasteiger partial charge in [-0.2, -0.15) is 8.42 Å². The van der Waals surface area contributed by atoms with Gasteiger partial charge < -0.3 is 4.74 Å². The fraction of sp³-hybridized carbons (Fsp3) is 0.462. The topological polar surface area (TPSA) is 69.7 Å². The second kappa shape index (κ2) is 5.71. The Balaban J connectivity index is 2.90. The zero-order valence-electron chi connectivity index (χ0n) is 11.5. The first kappa shape index (κ1) is 15.7. The molecule has 1 rings (SSSR count). The van der Waals surface area contributed by atoms with Crippen molar-refractivity contribution < 1.29 is 22.1 Å². The Labute approximate surface area is 113 Å². The van der Waals surface area contributed by atoms with Crippen LogP contribution in [0, 0.1) is 6.92 Å². The second-order valence-corrected chi connectivity index (χ2v) is 6.41. The van der Waals surface area contributed by atoms with Gasteiger partial charge in [0.05, 0.1) is 24.0 Å². The van der Waals surface area contributed by atoms with Crippen LogP contribution in [0.3, 0.4) is 0 Å². The van der Waals surface area contributed by atoms with Crippen molar-refractivity contribution in [2.24, 2.45) is 0 Å². The molecule has 0 aromatic heterocycles. The van der Waals surface area contributed by atoms with Gasteiger partial charge in [-0.1, -0.05) is 17.7 Å². The van der Waals surface area contributed by atoms with Crippen molar-refractivity contribution in [2.75, 3.05) is 7.11 Å². The van der Waals surface area contributed by atoms with Crippen LogP contribution >= 0.6 is 0 Å². The fourth-order valence-corrected chi connectivity index (χ4v) is 2.72. The Morgan fingerprint density at radius 1 is 1.21 bits per heavy atom. The summed E-state index contributed by atoms with van der Waals surface area (Å²) >= 11 is 0. The average molecular weight is 286 g/mol. The highest BCUT2D eigenvalue weighted by Gasteiger charge is 2.30. The predicted molar refractivity (Wildman–Crippen MR) is 70.2 cm³/mol. The molecule has 0 atom stereocenters. The lowest BCUT2D eigenvalue weighted by molar-refractivity contribution is -0.144. The molecule has 0 saturated carbocycles. The number of hydrogen-bond acceptors (Lipinski definition) is 5. The molecule has 5 nitrogen and oxygen atoms in total. The molecular weight excluding hydrogens is 268 g/mol. The maximum absolute atomic E-state index is 12.1. The maximum Gasteiger partial charge on any atom is 0.308 e. The number of carbonyl (C=O) groups is 1. The van der Waals surface area contributed by atoms with Crippen LogP contribution < -0.4 is 0 Å². The molecule has 0 unspecified atom stereocenters. The Morgan fingerprint density at radius 3 is 2.21 bits per heavy atom. The van der Waals surface area contributed by atoms with Crippen LogP contribution in [-0.4, -0.2) is 27.1 Å². The number of esters is 1. The third-order valence-electron chi connectivity index (χ3n) is 2.44. The van der Waals surface area contributed by atoms with Crippen LogP contribution in [0.5, 0.6) is 0 Å². The molecule has 19 heavy (non-hydrogen) atoms. The van der Waals surface area contributed by atoms with Crippen molar-refractivity contribution in [3.05, 3.63) is 29.8 Å². The molecule has 0 saturated heterocycles. The van der Waals surface area contributed by atoms with E-state index < -0.39 is 21.7 Å². The van der Waals surface area contributed by atoms with Gasteiger partial charge in [-0.3, -0.25) is 8.98 Å². The number of carbonyl (C=O) groups excluding carboxylic acids is 1. The lowest BCUT2D eigenvalue weighted by Gasteiger charge is -2.23. The molecule has 1 aromatic carbocycles. The number of rotatable bonds is 5. The van der Waals surface area contributed by atoms with Crippen LogP contribution in [-0.2, 0) is 23.8 Å². The summed E-state index contributed by atoms with van der Waals surface area (Å²) in [6.45, 7) is 4.91. The van der Waals surface area contributed by atoms with Gasteiger partial charge in [-0.15, -0.1) is 0 Å². The van der Waals surface area contributed by atoms with Crippen molar-refractivity contribution in [3.63, 3.8) is 0 Å². The molecule has 0 spiro atoms. The van der Waals surface area contributed by atoms with Crippen LogP contribution in [0.25, 0.3) is 0 Å². The SMILES string of the molecule is COC(=O)CC(C)(C)OS(=O)(=O)c1ccc(C)cc1. The Morgan fingerprint density at radius 2 is 1.74 bits per heavy atom. The molecule has 0 bridgehead atoms. The number of benzene rings is 1. The monoisotopic (exact) mass is 286 g/mol. The first-order valence-electron chi connectivity index (χ1n) is 5.75. The van der Waals surface area contributed by atoms with E-state index in [-0.39, 0.29) is 11.3 Å². The summed E-state index contributed by atoms with van der Waals surface area (Å²) in [5.41, 5.74) is -0.204. The first-order valence-corrected chi connectivity index (χ1v) is 7.16. The van der Waals surface area contributed by atoms with Gasteiger partial charge in [0.2, 0.25) is 0 Å². The number of hydrogen-bond donors (Lipinski definition) is 0. The Hall–Kier alpha value is -1.40. The predicted octanol–water partition coefficient (Wildman–Crippen LogP) is 2.04. The average Bonchev–Trinajstić information content (AvgIpc) is 2.27. The standard InChI is InChI=1S/C13H18O5S/c1-10-5-7-11(8-6-10)19(15,16)18-13(2,3)9-12(14)17-4/h5-8H,9H2,1-4H3. The van der Waals surface area contributed by atoms with E-state index in [0.29, 0.717) is 0 Å². The van der Waals surface area contributed by atoms with Crippen molar-refractivity contribution in [1.29, 1.82) is 0 Å². The molecule has 0 fully saturated rings. The molecule has 6 heteroatoms.